The molecule has 0 amide bonds. The second-order valence-corrected chi connectivity index (χ2v) is 7.04. The van der Waals surface area contributed by atoms with Crippen molar-refractivity contribution in [1.29, 1.82) is 0 Å². The molecule has 2 aromatic rings. The van der Waals surface area contributed by atoms with Crippen LogP contribution in [0.4, 0.5) is 5.69 Å². The number of rotatable bonds is 4. The molecule has 1 aliphatic rings. The fraction of sp³-hybridized carbons (Fsp3) is 0.533. The molecule has 0 aromatic carbocycles. The Hall–Kier alpha value is -1.24. The summed E-state index contributed by atoms with van der Waals surface area (Å²) in [7, 11) is 1.85. The van der Waals surface area contributed by atoms with Crippen LogP contribution in [-0.4, -0.2) is 33.9 Å². The molecule has 0 unspecified atom stereocenters. The smallest absolute Gasteiger partial charge is 0.151 e. The van der Waals surface area contributed by atoms with Gasteiger partial charge in [-0.2, -0.15) is 0 Å². The van der Waals surface area contributed by atoms with E-state index in [0.717, 1.165) is 46.9 Å². The van der Waals surface area contributed by atoms with E-state index in [0.29, 0.717) is 23.6 Å². The number of nitrogens with one attached hydrogen (secondary N) is 1. The van der Waals surface area contributed by atoms with Crippen LogP contribution in [-0.2, 0) is 0 Å². The van der Waals surface area contributed by atoms with Gasteiger partial charge < -0.3 is 10.4 Å². The Kier molecular flexibility index (Phi) is 4.90. The monoisotopic (exact) mass is 338 g/mol. The molecule has 7 heteroatoms. The first-order chi connectivity index (χ1) is 10.7. The van der Waals surface area contributed by atoms with Crippen molar-refractivity contribution in [3.8, 4) is 10.6 Å². The van der Waals surface area contributed by atoms with E-state index in [-0.39, 0.29) is 0 Å². The van der Waals surface area contributed by atoms with Gasteiger partial charge in [0, 0.05) is 31.5 Å². The van der Waals surface area contributed by atoms with Crippen LogP contribution in [0.1, 0.15) is 36.6 Å². The van der Waals surface area contributed by atoms with Gasteiger partial charge in [-0.05, 0) is 37.7 Å². The second-order valence-electron chi connectivity index (χ2n) is 5.65. The van der Waals surface area contributed by atoms with Crippen LogP contribution in [0.25, 0.3) is 10.6 Å². The Bertz CT molecular complexity index is 640. The van der Waals surface area contributed by atoms with Crippen LogP contribution in [0.2, 0.25) is 5.15 Å². The highest BCUT2D eigenvalue weighted by Crippen LogP contribution is 2.39. The molecule has 1 saturated carbocycles. The van der Waals surface area contributed by atoms with Gasteiger partial charge in [0.15, 0.2) is 5.01 Å². The van der Waals surface area contributed by atoms with Gasteiger partial charge in [0.2, 0.25) is 0 Å². The Labute approximate surface area is 138 Å². The van der Waals surface area contributed by atoms with Crippen molar-refractivity contribution in [1.82, 2.24) is 15.2 Å². The molecule has 0 atom stereocenters. The zero-order valence-corrected chi connectivity index (χ0v) is 14.0. The van der Waals surface area contributed by atoms with E-state index in [4.69, 9.17) is 11.6 Å². The number of aliphatic hydroxyl groups is 1. The van der Waals surface area contributed by atoms with Crippen molar-refractivity contribution in [2.24, 2.45) is 5.92 Å². The lowest BCUT2D eigenvalue weighted by Crippen LogP contribution is -2.15. The van der Waals surface area contributed by atoms with Gasteiger partial charge in [-0.1, -0.05) is 22.9 Å². The van der Waals surface area contributed by atoms with Crippen molar-refractivity contribution in [2.45, 2.75) is 31.6 Å². The van der Waals surface area contributed by atoms with Crippen molar-refractivity contribution in [3.05, 3.63) is 22.4 Å². The first kappa shape index (κ1) is 15.6. The van der Waals surface area contributed by atoms with Crippen molar-refractivity contribution >= 4 is 28.6 Å². The number of hydrogen-bond donors (Lipinski definition) is 2. The lowest BCUT2D eigenvalue weighted by molar-refractivity contribution is 0.182. The van der Waals surface area contributed by atoms with Crippen LogP contribution < -0.4 is 5.32 Å². The van der Waals surface area contributed by atoms with Crippen LogP contribution in [0.5, 0.6) is 0 Å². The maximum absolute atomic E-state index is 9.23. The van der Waals surface area contributed by atoms with Gasteiger partial charge in [-0.25, -0.2) is 4.98 Å². The Balaban J connectivity index is 1.80. The summed E-state index contributed by atoms with van der Waals surface area (Å²) in [4.78, 5) is 4.14. The van der Waals surface area contributed by atoms with E-state index >= 15 is 0 Å². The minimum atomic E-state index is 0.302. The first-order valence-electron chi connectivity index (χ1n) is 7.49. The molecule has 22 heavy (non-hydrogen) atoms. The molecule has 1 aliphatic carbocycles. The number of hydrogen-bond acceptors (Lipinski definition) is 6. The molecular weight excluding hydrogens is 320 g/mol. The molecule has 0 saturated heterocycles. The van der Waals surface area contributed by atoms with Gasteiger partial charge in [-0.3, -0.25) is 0 Å². The first-order valence-corrected chi connectivity index (χ1v) is 8.68. The van der Waals surface area contributed by atoms with Crippen LogP contribution in [0, 0.1) is 5.92 Å². The van der Waals surface area contributed by atoms with Crippen molar-refractivity contribution in [2.75, 3.05) is 19.0 Å². The third-order valence-corrected chi connectivity index (χ3v) is 5.59. The summed E-state index contributed by atoms with van der Waals surface area (Å²) in [5, 5.41) is 23.5. The van der Waals surface area contributed by atoms with Crippen molar-refractivity contribution < 1.29 is 5.11 Å². The number of aliphatic hydroxyl groups excluding tert-OH is 1. The largest absolute Gasteiger partial charge is 0.396 e. The highest BCUT2D eigenvalue weighted by Gasteiger charge is 2.25. The van der Waals surface area contributed by atoms with Gasteiger partial charge in [-0.15, -0.1) is 10.2 Å². The molecule has 118 valence electrons. The lowest BCUT2D eigenvalue weighted by Gasteiger charge is -2.25. The Morgan fingerprint density at radius 3 is 2.77 bits per heavy atom. The van der Waals surface area contributed by atoms with E-state index in [1.54, 1.807) is 23.6 Å². The molecule has 2 heterocycles. The van der Waals surface area contributed by atoms with E-state index in [1.807, 2.05) is 7.05 Å². The van der Waals surface area contributed by atoms with E-state index < -0.39 is 0 Å². The maximum Gasteiger partial charge on any atom is 0.151 e. The Morgan fingerprint density at radius 1 is 1.32 bits per heavy atom. The summed E-state index contributed by atoms with van der Waals surface area (Å²) in [5.74, 6) is 0.923. The summed E-state index contributed by atoms with van der Waals surface area (Å²) in [6, 6.07) is 1.80. The van der Waals surface area contributed by atoms with E-state index in [1.165, 1.54) is 0 Å². The SMILES string of the molecule is CNc1cc(Cl)ncc1-c1nnc([C@H]2CC[C@H](CO)CC2)s1. The minimum Gasteiger partial charge on any atom is -0.396 e. The zero-order chi connectivity index (χ0) is 15.5. The highest BCUT2D eigenvalue weighted by atomic mass is 35.5. The number of anilines is 1. The van der Waals surface area contributed by atoms with E-state index in [9.17, 15) is 5.11 Å². The Morgan fingerprint density at radius 2 is 2.09 bits per heavy atom. The van der Waals surface area contributed by atoms with Crippen LogP contribution in [0.15, 0.2) is 12.3 Å². The summed E-state index contributed by atoms with van der Waals surface area (Å²) in [6.07, 6.45) is 6.04. The standard InChI is InChI=1S/C15H19ClN4OS/c1-17-12-6-13(16)18-7-11(12)15-20-19-14(22-15)10-4-2-9(8-21)3-5-10/h6-7,9-10,21H,2-5,8H2,1H3,(H,17,18)/t9-,10-. The molecule has 5 nitrogen and oxygen atoms in total. The van der Waals surface area contributed by atoms with E-state index in [2.05, 4.69) is 20.5 Å². The third kappa shape index (κ3) is 3.24. The molecule has 3 rings (SSSR count). The summed E-state index contributed by atoms with van der Waals surface area (Å²) < 4.78 is 0. The number of pyridine rings is 1. The molecule has 1 fully saturated rings. The minimum absolute atomic E-state index is 0.302. The fourth-order valence-corrected chi connectivity index (χ4v) is 4.10. The zero-order valence-electron chi connectivity index (χ0n) is 12.4. The molecular formula is C15H19ClN4OS. The van der Waals surface area contributed by atoms with Crippen LogP contribution in [0.3, 0.4) is 0 Å². The molecule has 0 radical (unpaired) electrons. The molecule has 0 spiro atoms. The van der Waals surface area contributed by atoms with Gasteiger partial charge >= 0.3 is 0 Å². The van der Waals surface area contributed by atoms with Crippen LogP contribution >= 0.6 is 22.9 Å². The average Bonchev–Trinajstić information content (AvgIpc) is 3.04. The average molecular weight is 339 g/mol. The molecule has 2 N–H and O–H groups in total. The molecule has 0 aliphatic heterocycles. The van der Waals surface area contributed by atoms with Crippen molar-refractivity contribution in [3.63, 3.8) is 0 Å². The normalized spacial score (nSPS) is 21.8. The predicted molar refractivity (Wildman–Crippen MR) is 89.5 cm³/mol. The fourth-order valence-electron chi connectivity index (χ4n) is 2.91. The van der Waals surface area contributed by atoms with Gasteiger partial charge in [0.1, 0.15) is 10.2 Å². The summed E-state index contributed by atoms with van der Waals surface area (Å²) in [5.41, 5.74) is 1.84. The number of aromatic nitrogens is 3. The summed E-state index contributed by atoms with van der Waals surface area (Å²) >= 11 is 7.56. The second kappa shape index (κ2) is 6.89. The topological polar surface area (TPSA) is 70.9 Å². The maximum atomic E-state index is 9.23. The summed E-state index contributed by atoms with van der Waals surface area (Å²) in [6.45, 7) is 0.302. The van der Waals surface area contributed by atoms with Gasteiger partial charge in [0.05, 0.1) is 5.56 Å². The number of nitrogens with zero attached hydrogens (tertiary/aromatic N) is 3. The number of halogens is 1. The van der Waals surface area contributed by atoms with Gasteiger partial charge in [0.25, 0.3) is 0 Å². The molecule has 0 bridgehead atoms. The third-order valence-electron chi connectivity index (χ3n) is 4.27. The quantitative estimate of drug-likeness (QED) is 0.834. The highest BCUT2D eigenvalue weighted by molar-refractivity contribution is 7.14. The molecule has 2 aromatic heterocycles. The predicted octanol–water partition coefficient (Wildman–Crippen LogP) is 3.56. The lowest BCUT2D eigenvalue weighted by atomic mass is 9.83.